The van der Waals surface area contributed by atoms with E-state index in [2.05, 4.69) is 10.3 Å². The van der Waals surface area contributed by atoms with Crippen molar-refractivity contribution in [3.8, 4) is 0 Å². The summed E-state index contributed by atoms with van der Waals surface area (Å²) in [5.41, 5.74) is -0.396. The van der Waals surface area contributed by atoms with E-state index in [9.17, 15) is 9.59 Å². The lowest BCUT2D eigenvalue weighted by molar-refractivity contribution is 0.0422. The largest absolute Gasteiger partial charge is 0.476 e. The van der Waals surface area contributed by atoms with Gasteiger partial charge in [0.1, 0.15) is 0 Å². The predicted molar refractivity (Wildman–Crippen MR) is 65.0 cm³/mol. The second-order valence-electron chi connectivity index (χ2n) is 4.47. The molecule has 0 saturated carbocycles. The second-order valence-corrected chi connectivity index (χ2v) is 5.33. The van der Waals surface area contributed by atoms with Gasteiger partial charge in [-0.15, -0.1) is 11.3 Å². The van der Waals surface area contributed by atoms with E-state index in [1.54, 1.807) is 0 Å². The molecule has 0 spiro atoms. The van der Waals surface area contributed by atoms with Crippen LogP contribution in [-0.4, -0.2) is 40.7 Å². The lowest BCUT2D eigenvalue weighted by Crippen LogP contribution is -2.49. The summed E-state index contributed by atoms with van der Waals surface area (Å²) in [6, 6.07) is 0. The van der Waals surface area contributed by atoms with E-state index in [0.717, 1.165) is 24.2 Å². The molecule has 1 fully saturated rings. The maximum absolute atomic E-state index is 12.0. The SMILES string of the molecule is CC1(NC(=O)c2nc(C(=O)O)cs2)CCOCC1. The van der Waals surface area contributed by atoms with Crippen LogP contribution in [0.4, 0.5) is 0 Å². The van der Waals surface area contributed by atoms with Crippen LogP contribution in [0.15, 0.2) is 5.38 Å². The van der Waals surface area contributed by atoms with Crippen molar-refractivity contribution < 1.29 is 19.4 Å². The van der Waals surface area contributed by atoms with Crippen molar-refractivity contribution in [3.63, 3.8) is 0 Å². The van der Waals surface area contributed by atoms with E-state index < -0.39 is 5.97 Å². The lowest BCUT2D eigenvalue weighted by Gasteiger charge is -2.34. The number of ether oxygens (including phenoxy) is 1. The highest BCUT2D eigenvalue weighted by Crippen LogP contribution is 2.21. The third kappa shape index (κ3) is 2.85. The summed E-state index contributed by atoms with van der Waals surface area (Å²) in [5, 5.41) is 13.2. The molecule has 1 saturated heterocycles. The van der Waals surface area contributed by atoms with Crippen LogP contribution in [0.2, 0.25) is 0 Å². The van der Waals surface area contributed by atoms with Crippen molar-refractivity contribution in [1.29, 1.82) is 0 Å². The Bertz CT molecular complexity index is 465. The summed E-state index contributed by atoms with van der Waals surface area (Å²) >= 11 is 1.04. The Morgan fingerprint density at radius 1 is 1.50 bits per heavy atom. The van der Waals surface area contributed by atoms with Gasteiger partial charge in [0.15, 0.2) is 10.7 Å². The Labute approximate surface area is 108 Å². The van der Waals surface area contributed by atoms with Crippen LogP contribution in [-0.2, 0) is 4.74 Å². The van der Waals surface area contributed by atoms with Crippen molar-refractivity contribution in [1.82, 2.24) is 10.3 Å². The average molecular weight is 270 g/mol. The molecule has 18 heavy (non-hydrogen) atoms. The number of amides is 1. The molecule has 1 aliphatic rings. The minimum Gasteiger partial charge on any atom is -0.476 e. The van der Waals surface area contributed by atoms with Crippen LogP contribution in [0.5, 0.6) is 0 Å². The normalized spacial score (nSPS) is 18.3. The molecule has 1 aromatic heterocycles. The highest BCUT2D eigenvalue weighted by molar-refractivity contribution is 7.11. The first-order chi connectivity index (χ1) is 8.50. The van der Waals surface area contributed by atoms with Gasteiger partial charge in [-0.25, -0.2) is 9.78 Å². The molecule has 0 bridgehead atoms. The first-order valence-corrected chi connectivity index (χ1v) is 6.47. The molecule has 1 aromatic rings. The first kappa shape index (κ1) is 13.0. The molecular weight excluding hydrogens is 256 g/mol. The van der Waals surface area contributed by atoms with Gasteiger partial charge in [0.2, 0.25) is 0 Å². The quantitative estimate of drug-likeness (QED) is 0.859. The molecule has 2 N–H and O–H groups in total. The van der Waals surface area contributed by atoms with E-state index in [4.69, 9.17) is 9.84 Å². The third-order valence-corrected chi connectivity index (χ3v) is 3.77. The number of nitrogens with one attached hydrogen (secondary N) is 1. The molecule has 0 unspecified atom stereocenters. The molecule has 0 aromatic carbocycles. The zero-order valence-corrected chi connectivity index (χ0v) is 10.7. The van der Waals surface area contributed by atoms with Crippen molar-refractivity contribution in [2.75, 3.05) is 13.2 Å². The lowest BCUT2D eigenvalue weighted by atomic mass is 9.92. The molecule has 2 heterocycles. The standard InChI is InChI=1S/C11H14N2O4S/c1-11(2-4-17-5-3-11)13-8(14)9-12-7(6-18-9)10(15)16/h6H,2-5H2,1H3,(H,13,14)(H,15,16). The number of aromatic nitrogens is 1. The smallest absolute Gasteiger partial charge is 0.355 e. The Balaban J connectivity index is 2.04. The van der Waals surface area contributed by atoms with E-state index >= 15 is 0 Å². The molecule has 0 aliphatic carbocycles. The van der Waals surface area contributed by atoms with Crippen molar-refractivity contribution in [3.05, 3.63) is 16.1 Å². The van der Waals surface area contributed by atoms with Gasteiger partial charge >= 0.3 is 5.97 Å². The molecule has 0 atom stereocenters. The summed E-state index contributed by atoms with van der Waals surface area (Å²) in [6.07, 6.45) is 1.49. The maximum Gasteiger partial charge on any atom is 0.355 e. The van der Waals surface area contributed by atoms with Crippen LogP contribution in [0.25, 0.3) is 0 Å². The fraction of sp³-hybridized carbons (Fsp3) is 0.545. The topological polar surface area (TPSA) is 88.5 Å². The molecule has 1 amide bonds. The van der Waals surface area contributed by atoms with E-state index in [0.29, 0.717) is 13.2 Å². The number of carboxylic acid groups (broad SMARTS) is 1. The minimum absolute atomic E-state index is 0.0951. The van der Waals surface area contributed by atoms with Gasteiger partial charge in [-0.1, -0.05) is 0 Å². The second kappa shape index (κ2) is 5.03. The molecular formula is C11H14N2O4S. The summed E-state index contributed by atoms with van der Waals surface area (Å²) in [7, 11) is 0. The Hall–Kier alpha value is -1.47. The zero-order valence-electron chi connectivity index (χ0n) is 9.93. The molecule has 98 valence electrons. The molecule has 6 nitrogen and oxygen atoms in total. The van der Waals surface area contributed by atoms with Crippen LogP contribution in [0.3, 0.4) is 0 Å². The molecule has 7 heteroatoms. The number of hydrogen-bond donors (Lipinski definition) is 2. The van der Waals surface area contributed by atoms with E-state index in [1.807, 2.05) is 6.92 Å². The van der Waals surface area contributed by atoms with Crippen molar-refractivity contribution in [2.24, 2.45) is 0 Å². The Kier molecular flexibility index (Phi) is 3.63. The van der Waals surface area contributed by atoms with E-state index in [1.165, 1.54) is 5.38 Å². The van der Waals surface area contributed by atoms with Crippen LogP contribution >= 0.6 is 11.3 Å². The predicted octanol–water partition coefficient (Wildman–Crippen LogP) is 1.14. The highest BCUT2D eigenvalue weighted by atomic mass is 32.1. The Morgan fingerprint density at radius 2 is 2.17 bits per heavy atom. The number of aromatic carboxylic acids is 1. The monoisotopic (exact) mass is 270 g/mol. The van der Waals surface area contributed by atoms with Gasteiger partial charge in [0.05, 0.1) is 0 Å². The van der Waals surface area contributed by atoms with Crippen LogP contribution in [0.1, 0.15) is 40.1 Å². The number of carbonyl (C=O) groups excluding carboxylic acids is 1. The number of thiazole rings is 1. The summed E-state index contributed by atoms with van der Waals surface area (Å²) in [6.45, 7) is 3.20. The fourth-order valence-corrected chi connectivity index (χ4v) is 2.44. The average Bonchev–Trinajstić information content (AvgIpc) is 2.78. The van der Waals surface area contributed by atoms with Crippen molar-refractivity contribution >= 4 is 23.2 Å². The molecule has 2 rings (SSSR count). The summed E-state index contributed by atoms with van der Waals surface area (Å²) < 4.78 is 5.25. The number of carbonyl (C=O) groups is 2. The molecule has 0 radical (unpaired) electrons. The van der Waals surface area contributed by atoms with Gasteiger partial charge in [0, 0.05) is 24.1 Å². The number of nitrogens with zero attached hydrogens (tertiary/aromatic N) is 1. The summed E-state index contributed by atoms with van der Waals surface area (Å²) in [5.74, 6) is -1.44. The van der Waals surface area contributed by atoms with Gasteiger partial charge < -0.3 is 15.2 Å². The Morgan fingerprint density at radius 3 is 2.72 bits per heavy atom. The zero-order chi connectivity index (χ0) is 13.2. The molecule has 1 aliphatic heterocycles. The van der Waals surface area contributed by atoms with Crippen LogP contribution < -0.4 is 5.32 Å². The highest BCUT2D eigenvalue weighted by Gasteiger charge is 2.30. The van der Waals surface area contributed by atoms with Gasteiger partial charge in [0.25, 0.3) is 5.91 Å². The summed E-state index contributed by atoms with van der Waals surface area (Å²) in [4.78, 5) is 26.4. The fourth-order valence-electron chi connectivity index (χ4n) is 1.75. The number of rotatable bonds is 3. The minimum atomic E-state index is -1.12. The number of hydrogen-bond acceptors (Lipinski definition) is 5. The number of carboxylic acids is 1. The van der Waals surface area contributed by atoms with Gasteiger partial charge in [-0.05, 0) is 19.8 Å². The van der Waals surface area contributed by atoms with Gasteiger partial charge in [-0.2, -0.15) is 0 Å². The maximum atomic E-state index is 12.0. The third-order valence-electron chi connectivity index (χ3n) is 2.93. The first-order valence-electron chi connectivity index (χ1n) is 5.59. The van der Waals surface area contributed by atoms with Gasteiger partial charge in [-0.3, -0.25) is 4.79 Å². The van der Waals surface area contributed by atoms with Crippen molar-refractivity contribution in [2.45, 2.75) is 25.3 Å². The van der Waals surface area contributed by atoms with E-state index in [-0.39, 0.29) is 22.1 Å². The van der Waals surface area contributed by atoms with Crippen LogP contribution in [0, 0.1) is 0 Å².